The number of carboxylic acid groups (broad SMARTS) is 1. The third kappa shape index (κ3) is 5.01. The second kappa shape index (κ2) is 9.49. The number of amides is 1. The molecule has 1 fully saturated rings. The van der Waals surface area contributed by atoms with E-state index in [1.807, 2.05) is 6.92 Å². The average molecular weight is 426 g/mol. The summed E-state index contributed by atoms with van der Waals surface area (Å²) in [6, 6.07) is 13.5. The number of phenolic OH excluding ortho intramolecular Hbond substituents is 1. The van der Waals surface area contributed by atoms with Crippen LogP contribution < -0.4 is 4.74 Å². The molecule has 2 aromatic rings. The van der Waals surface area contributed by atoms with Gasteiger partial charge >= 0.3 is 5.97 Å². The number of carbonyl (C=O) groups is 2. The summed E-state index contributed by atoms with van der Waals surface area (Å²) in [5.41, 5.74) is 1.35. The number of phenols is 1. The highest BCUT2D eigenvalue weighted by atomic mass is 32.2. The number of aliphatic carboxylic acids is 1. The van der Waals surface area contributed by atoms with Crippen LogP contribution in [0.2, 0.25) is 0 Å². The summed E-state index contributed by atoms with van der Waals surface area (Å²) < 4.78 is 5.46. The second-order valence-corrected chi connectivity index (χ2v) is 7.51. The Morgan fingerprint density at radius 1 is 1.23 bits per heavy atom. The molecule has 0 bridgehead atoms. The quantitative estimate of drug-likeness (QED) is 0.642. The van der Waals surface area contributed by atoms with Gasteiger partial charge in [0.05, 0.1) is 10.6 Å². The lowest BCUT2D eigenvalue weighted by atomic mass is 10.2. The zero-order valence-electron chi connectivity index (χ0n) is 16.6. The van der Waals surface area contributed by atoms with E-state index < -0.39 is 12.1 Å². The lowest BCUT2D eigenvalue weighted by Crippen LogP contribution is -2.28. The number of aliphatic imine (C=N–C) groups is 1. The van der Waals surface area contributed by atoms with Crippen LogP contribution in [-0.4, -0.2) is 44.8 Å². The van der Waals surface area contributed by atoms with E-state index in [-0.39, 0.29) is 11.7 Å². The van der Waals surface area contributed by atoms with Gasteiger partial charge in [-0.15, -0.1) is 0 Å². The predicted octanol–water partition coefficient (Wildman–Crippen LogP) is 4.26. The molecule has 8 heteroatoms. The average Bonchev–Trinajstić information content (AvgIpc) is 3.01. The van der Waals surface area contributed by atoms with Crippen LogP contribution in [0.3, 0.4) is 0 Å². The number of carboxylic acids is 1. The molecule has 1 heterocycles. The smallest absolute Gasteiger partial charge is 0.344 e. The normalized spacial score (nSPS) is 17.5. The lowest BCUT2D eigenvalue weighted by molar-refractivity contribution is -0.145. The number of rotatable bonds is 7. The van der Waals surface area contributed by atoms with Crippen molar-refractivity contribution in [1.82, 2.24) is 4.90 Å². The summed E-state index contributed by atoms with van der Waals surface area (Å²) >= 11 is 1.27. The largest absolute Gasteiger partial charge is 0.508 e. The van der Waals surface area contributed by atoms with Gasteiger partial charge < -0.3 is 14.9 Å². The fraction of sp³-hybridized carbons (Fsp3) is 0.227. The SMILES string of the molecule is CCC(Oc1ccc(/C=C2\SC(=Nc3cccc(O)c3)N(CC)C2=O)cc1)C(=O)O. The standard InChI is InChI=1S/C22H22N2O5S/c1-3-18(21(27)28)29-17-10-8-14(9-11-17)12-19-20(26)24(4-2)22(30-19)23-15-6-5-7-16(25)13-15/h5-13,18,25H,3-4H2,1-2H3,(H,27,28)/b19-12-,23-22?. The van der Waals surface area contributed by atoms with Crippen LogP contribution in [-0.2, 0) is 9.59 Å². The van der Waals surface area contributed by atoms with Crippen molar-refractivity contribution in [1.29, 1.82) is 0 Å². The molecule has 0 spiro atoms. The first-order chi connectivity index (χ1) is 14.4. The van der Waals surface area contributed by atoms with Crippen LogP contribution in [0.5, 0.6) is 11.5 Å². The summed E-state index contributed by atoms with van der Waals surface area (Å²) in [5.74, 6) is -0.577. The molecule has 7 nitrogen and oxygen atoms in total. The first-order valence-electron chi connectivity index (χ1n) is 9.50. The molecule has 1 unspecified atom stereocenters. The number of nitrogens with zero attached hydrogens (tertiary/aromatic N) is 2. The first kappa shape index (κ1) is 21.4. The van der Waals surface area contributed by atoms with E-state index in [0.717, 1.165) is 5.56 Å². The number of amidine groups is 1. The minimum Gasteiger partial charge on any atom is -0.508 e. The van der Waals surface area contributed by atoms with Crippen LogP contribution in [0.1, 0.15) is 25.8 Å². The van der Waals surface area contributed by atoms with Gasteiger partial charge in [0.1, 0.15) is 11.5 Å². The number of ether oxygens (including phenoxy) is 1. The molecule has 1 saturated heterocycles. The van der Waals surface area contributed by atoms with Gasteiger partial charge in [-0.2, -0.15) is 0 Å². The Hall–Kier alpha value is -3.26. The van der Waals surface area contributed by atoms with E-state index in [4.69, 9.17) is 9.84 Å². The molecule has 0 saturated carbocycles. The minimum atomic E-state index is -1.00. The molecule has 0 radical (unpaired) electrons. The van der Waals surface area contributed by atoms with Crippen molar-refractivity contribution in [2.45, 2.75) is 26.4 Å². The van der Waals surface area contributed by atoms with Crippen molar-refractivity contribution in [3.63, 3.8) is 0 Å². The van der Waals surface area contributed by atoms with E-state index in [1.54, 1.807) is 60.4 Å². The Balaban J connectivity index is 1.80. The van der Waals surface area contributed by atoms with Crippen LogP contribution in [0.15, 0.2) is 58.4 Å². The number of aromatic hydroxyl groups is 1. The van der Waals surface area contributed by atoms with Crippen molar-refractivity contribution >= 4 is 40.6 Å². The van der Waals surface area contributed by atoms with Gasteiger partial charge in [0, 0.05) is 12.6 Å². The highest BCUT2D eigenvalue weighted by Crippen LogP contribution is 2.34. The van der Waals surface area contributed by atoms with Crippen LogP contribution in [0.4, 0.5) is 5.69 Å². The molecule has 1 aliphatic heterocycles. The van der Waals surface area contributed by atoms with E-state index in [9.17, 15) is 14.7 Å². The van der Waals surface area contributed by atoms with Gasteiger partial charge in [0.25, 0.3) is 5.91 Å². The van der Waals surface area contributed by atoms with Gasteiger partial charge in [0.2, 0.25) is 0 Å². The number of thioether (sulfide) groups is 1. The van der Waals surface area contributed by atoms with Gasteiger partial charge in [-0.25, -0.2) is 9.79 Å². The van der Waals surface area contributed by atoms with Gasteiger partial charge in [-0.05, 0) is 61.0 Å². The second-order valence-electron chi connectivity index (χ2n) is 6.50. The fourth-order valence-electron chi connectivity index (χ4n) is 2.81. The Labute approximate surface area is 178 Å². The zero-order valence-corrected chi connectivity index (χ0v) is 17.4. The predicted molar refractivity (Wildman–Crippen MR) is 117 cm³/mol. The van der Waals surface area contributed by atoms with E-state index >= 15 is 0 Å². The Bertz CT molecular complexity index is 1000. The van der Waals surface area contributed by atoms with Gasteiger partial charge in [-0.3, -0.25) is 9.69 Å². The van der Waals surface area contributed by atoms with Gasteiger partial charge in [-0.1, -0.05) is 25.1 Å². The molecule has 3 rings (SSSR count). The molecule has 2 aromatic carbocycles. The minimum absolute atomic E-state index is 0.112. The Kier molecular flexibility index (Phi) is 6.79. The number of hydrogen-bond acceptors (Lipinski definition) is 6. The Morgan fingerprint density at radius 2 is 1.97 bits per heavy atom. The monoisotopic (exact) mass is 426 g/mol. The third-order valence-corrected chi connectivity index (χ3v) is 5.37. The lowest BCUT2D eigenvalue weighted by Gasteiger charge is -2.13. The molecule has 0 aliphatic carbocycles. The molecule has 1 amide bonds. The third-order valence-electron chi connectivity index (χ3n) is 4.36. The molecule has 1 aliphatic rings. The number of carbonyl (C=O) groups excluding carboxylic acids is 1. The van der Waals surface area contributed by atoms with Crippen molar-refractivity contribution in [2.24, 2.45) is 4.99 Å². The summed E-state index contributed by atoms with van der Waals surface area (Å²) in [6.45, 7) is 4.09. The zero-order chi connectivity index (χ0) is 21.7. The number of hydrogen-bond donors (Lipinski definition) is 2. The van der Waals surface area contributed by atoms with Crippen molar-refractivity contribution in [3.8, 4) is 11.5 Å². The molecule has 30 heavy (non-hydrogen) atoms. The maximum Gasteiger partial charge on any atom is 0.344 e. The highest BCUT2D eigenvalue weighted by Gasteiger charge is 2.32. The van der Waals surface area contributed by atoms with Crippen molar-refractivity contribution < 1.29 is 24.5 Å². The number of likely N-dealkylation sites (N-methyl/N-ethyl adjacent to an activating group) is 1. The summed E-state index contributed by atoms with van der Waals surface area (Å²) in [5, 5.41) is 19.3. The number of benzene rings is 2. The van der Waals surface area contributed by atoms with Crippen molar-refractivity contribution in [2.75, 3.05) is 6.54 Å². The topological polar surface area (TPSA) is 99.4 Å². The van der Waals surface area contributed by atoms with Crippen LogP contribution >= 0.6 is 11.8 Å². The summed E-state index contributed by atoms with van der Waals surface area (Å²) in [7, 11) is 0. The molecule has 2 N–H and O–H groups in total. The van der Waals surface area contributed by atoms with Crippen LogP contribution in [0, 0.1) is 0 Å². The fourth-order valence-corrected chi connectivity index (χ4v) is 3.87. The Morgan fingerprint density at radius 3 is 2.57 bits per heavy atom. The summed E-state index contributed by atoms with van der Waals surface area (Å²) in [6.07, 6.45) is 1.23. The molecular weight excluding hydrogens is 404 g/mol. The maximum atomic E-state index is 12.8. The molecular formula is C22H22N2O5S. The molecule has 156 valence electrons. The highest BCUT2D eigenvalue weighted by molar-refractivity contribution is 8.18. The summed E-state index contributed by atoms with van der Waals surface area (Å²) in [4.78, 5) is 30.5. The maximum absolute atomic E-state index is 12.8. The molecule has 1 atom stereocenters. The van der Waals surface area contributed by atoms with E-state index in [2.05, 4.69) is 4.99 Å². The van der Waals surface area contributed by atoms with E-state index in [1.165, 1.54) is 17.8 Å². The molecule has 0 aromatic heterocycles. The van der Waals surface area contributed by atoms with Crippen molar-refractivity contribution in [3.05, 3.63) is 59.0 Å². The van der Waals surface area contributed by atoms with Gasteiger partial charge in [0.15, 0.2) is 11.3 Å². The first-order valence-corrected chi connectivity index (χ1v) is 10.3. The van der Waals surface area contributed by atoms with E-state index in [0.29, 0.717) is 34.5 Å². The van der Waals surface area contributed by atoms with Crippen LogP contribution in [0.25, 0.3) is 6.08 Å².